The fraction of sp³-hybridized carbons (Fsp3) is 0.824. The second kappa shape index (κ2) is 4.83. The van der Waals surface area contributed by atoms with Crippen molar-refractivity contribution in [3.05, 3.63) is 12.7 Å². The van der Waals surface area contributed by atoms with E-state index in [0.717, 1.165) is 48.3 Å². The summed E-state index contributed by atoms with van der Waals surface area (Å²) in [6.45, 7) is 5.95. The summed E-state index contributed by atoms with van der Waals surface area (Å²) < 4.78 is 0. The van der Waals surface area contributed by atoms with Crippen molar-refractivity contribution in [2.24, 2.45) is 35.5 Å². The van der Waals surface area contributed by atoms with Crippen LogP contribution in [0.5, 0.6) is 0 Å². The number of allylic oxidation sites excluding steroid dienone is 1. The maximum absolute atomic E-state index is 11.4. The van der Waals surface area contributed by atoms with Crippen molar-refractivity contribution in [3.8, 4) is 0 Å². The Morgan fingerprint density at radius 1 is 1.22 bits per heavy atom. The van der Waals surface area contributed by atoms with Crippen LogP contribution in [-0.2, 0) is 4.79 Å². The van der Waals surface area contributed by atoms with E-state index in [-0.39, 0.29) is 5.78 Å². The minimum absolute atomic E-state index is 0.244. The van der Waals surface area contributed by atoms with E-state index >= 15 is 0 Å². The molecule has 100 valence electrons. The lowest BCUT2D eigenvalue weighted by Gasteiger charge is -2.33. The molecule has 1 nitrogen and oxygen atoms in total. The number of hydrogen-bond acceptors (Lipinski definition) is 1. The van der Waals surface area contributed by atoms with Crippen LogP contribution < -0.4 is 0 Å². The number of hydrogen-bond donors (Lipinski definition) is 0. The minimum Gasteiger partial charge on any atom is -0.295 e. The van der Waals surface area contributed by atoms with Crippen LogP contribution in [0.4, 0.5) is 0 Å². The van der Waals surface area contributed by atoms with E-state index in [1.165, 1.54) is 38.2 Å². The first kappa shape index (κ1) is 12.4. The average molecular weight is 246 g/mol. The fourth-order valence-electron chi connectivity index (χ4n) is 5.65. The second-order valence-corrected chi connectivity index (χ2v) is 6.85. The Labute approximate surface area is 111 Å². The molecule has 18 heavy (non-hydrogen) atoms. The molecule has 6 atom stereocenters. The highest BCUT2D eigenvalue weighted by Gasteiger charge is 2.55. The third kappa shape index (κ3) is 1.87. The molecule has 0 radical (unpaired) electrons. The van der Waals surface area contributed by atoms with Gasteiger partial charge in [-0.2, -0.15) is 0 Å². The molecule has 2 bridgehead atoms. The van der Waals surface area contributed by atoms with Crippen LogP contribution in [0, 0.1) is 35.5 Å². The van der Waals surface area contributed by atoms with Crippen LogP contribution in [0.25, 0.3) is 0 Å². The molecule has 1 heteroatoms. The first-order chi connectivity index (χ1) is 8.74. The molecule has 0 saturated heterocycles. The maximum Gasteiger partial charge on any atom is 0.155 e. The SMILES string of the molecule is C=CC(=O)CCC1CCC2C3C[C@@H](CC3CC)[C@H]12. The lowest BCUT2D eigenvalue weighted by Crippen LogP contribution is -2.27. The van der Waals surface area contributed by atoms with Crippen molar-refractivity contribution in [1.29, 1.82) is 0 Å². The van der Waals surface area contributed by atoms with Crippen LogP contribution in [0.1, 0.15) is 51.9 Å². The Kier molecular flexibility index (Phi) is 3.34. The van der Waals surface area contributed by atoms with E-state index in [2.05, 4.69) is 13.5 Å². The topological polar surface area (TPSA) is 17.1 Å². The average Bonchev–Trinajstić information content (AvgIpc) is 3.06. The van der Waals surface area contributed by atoms with Crippen molar-refractivity contribution in [3.63, 3.8) is 0 Å². The highest BCUT2D eigenvalue weighted by Crippen LogP contribution is 2.63. The van der Waals surface area contributed by atoms with Gasteiger partial charge in [0.25, 0.3) is 0 Å². The van der Waals surface area contributed by atoms with Gasteiger partial charge in [0, 0.05) is 6.42 Å². The van der Waals surface area contributed by atoms with Crippen molar-refractivity contribution in [2.45, 2.75) is 51.9 Å². The number of carbonyl (C=O) groups is 1. The zero-order chi connectivity index (χ0) is 12.7. The first-order valence-corrected chi connectivity index (χ1v) is 7.89. The van der Waals surface area contributed by atoms with Gasteiger partial charge in [0.05, 0.1) is 0 Å². The number of carbonyl (C=O) groups excluding carboxylic acids is 1. The Balaban J connectivity index is 1.62. The van der Waals surface area contributed by atoms with Gasteiger partial charge < -0.3 is 0 Å². The van der Waals surface area contributed by atoms with Gasteiger partial charge in [0.15, 0.2) is 5.78 Å². The normalized spacial score (nSPS) is 45.2. The molecule has 0 aromatic rings. The molecular formula is C17H26O. The number of ketones is 1. The Morgan fingerprint density at radius 3 is 2.78 bits per heavy atom. The van der Waals surface area contributed by atoms with Crippen molar-refractivity contribution < 1.29 is 4.79 Å². The van der Waals surface area contributed by atoms with Gasteiger partial charge in [0.2, 0.25) is 0 Å². The van der Waals surface area contributed by atoms with Gasteiger partial charge in [-0.25, -0.2) is 0 Å². The predicted molar refractivity (Wildman–Crippen MR) is 74.1 cm³/mol. The Hall–Kier alpha value is -0.590. The molecule has 3 aliphatic carbocycles. The summed E-state index contributed by atoms with van der Waals surface area (Å²) in [5.74, 6) is 6.19. The number of fused-ring (bicyclic) bond motifs is 5. The molecule has 0 aromatic carbocycles. The van der Waals surface area contributed by atoms with Gasteiger partial charge in [0.1, 0.15) is 0 Å². The smallest absolute Gasteiger partial charge is 0.155 e. The van der Waals surface area contributed by atoms with Crippen LogP contribution >= 0.6 is 0 Å². The zero-order valence-corrected chi connectivity index (χ0v) is 11.6. The lowest BCUT2D eigenvalue weighted by atomic mass is 9.72. The van der Waals surface area contributed by atoms with Crippen LogP contribution in [0.2, 0.25) is 0 Å². The van der Waals surface area contributed by atoms with Gasteiger partial charge in [-0.3, -0.25) is 4.79 Å². The molecule has 3 rings (SSSR count). The van der Waals surface area contributed by atoms with Gasteiger partial charge in [-0.15, -0.1) is 0 Å². The van der Waals surface area contributed by atoms with E-state index in [9.17, 15) is 4.79 Å². The van der Waals surface area contributed by atoms with Gasteiger partial charge in [-0.1, -0.05) is 19.9 Å². The third-order valence-corrected chi connectivity index (χ3v) is 6.30. The van der Waals surface area contributed by atoms with Crippen molar-refractivity contribution in [2.75, 3.05) is 0 Å². The maximum atomic E-state index is 11.4. The molecular weight excluding hydrogens is 220 g/mol. The molecule has 0 spiro atoms. The minimum atomic E-state index is 0.244. The Morgan fingerprint density at radius 2 is 2.06 bits per heavy atom. The van der Waals surface area contributed by atoms with E-state index in [4.69, 9.17) is 0 Å². The summed E-state index contributed by atoms with van der Waals surface area (Å²) in [5, 5.41) is 0. The van der Waals surface area contributed by atoms with Gasteiger partial charge >= 0.3 is 0 Å². The van der Waals surface area contributed by atoms with Crippen molar-refractivity contribution >= 4 is 5.78 Å². The van der Waals surface area contributed by atoms with Gasteiger partial charge in [-0.05, 0) is 73.7 Å². The predicted octanol–water partition coefficient (Wildman–Crippen LogP) is 4.23. The summed E-state index contributed by atoms with van der Waals surface area (Å²) in [7, 11) is 0. The summed E-state index contributed by atoms with van der Waals surface area (Å²) in [5.41, 5.74) is 0. The van der Waals surface area contributed by atoms with Crippen molar-refractivity contribution in [1.82, 2.24) is 0 Å². The summed E-state index contributed by atoms with van der Waals surface area (Å²) >= 11 is 0. The van der Waals surface area contributed by atoms with E-state index in [0.29, 0.717) is 0 Å². The van der Waals surface area contributed by atoms with E-state index in [1.807, 2.05) is 0 Å². The third-order valence-electron chi connectivity index (χ3n) is 6.30. The molecule has 0 aliphatic heterocycles. The first-order valence-electron chi connectivity index (χ1n) is 7.89. The van der Waals surface area contributed by atoms with Crippen LogP contribution in [0.3, 0.4) is 0 Å². The molecule has 3 fully saturated rings. The highest BCUT2D eigenvalue weighted by molar-refractivity contribution is 5.88. The van der Waals surface area contributed by atoms with Crippen LogP contribution in [0.15, 0.2) is 12.7 Å². The molecule has 3 saturated carbocycles. The highest BCUT2D eigenvalue weighted by atomic mass is 16.1. The monoisotopic (exact) mass is 246 g/mol. The summed E-state index contributed by atoms with van der Waals surface area (Å²) in [6, 6.07) is 0. The lowest BCUT2D eigenvalue weighted by molar-refractivity contribution is -0.115. The molecule has 0 amide bonds. The molecule has 0 heterocycles. The largest absolute Gasteiger partial charge is 0.295 e. The standard InChI is InChI=1S/C17H26O/c1-3-11-9-13-10-16(11)15-8-6-12(17(13)15)5-7-14(18)4-2/h4,11-13,15-17H,2-3,5-10H2,1H3/t11?,12?,13-,15?,16?,17+/m1/s1. The quantitative estimate of drug-likeness (QED) is 0.663. The summed E-state index contributed by atoms with van der Waals surface area (Å²) in [6.07, 6.45) is 10.6. The number of rotatable bonds is 5. The Bertz CT molecular complexity index is 344. The molecule has 3 aliphatic rings. The van der Waals surface area contributed by atoms with E-state index < -0.39 is 0 Å². The molecule has 4 unspecified atom stereocenters. The zero-order valence-electron chi connectivity index (χ0n) is 11.6. The summed E-state index contributed by atoms with van der Waals surface area (Å²) in [4.78, 5) is 11.4. The molecule has 0 N–H and O–H groups in total. The molecule has 0 aromatic heterocycles. The second-order valence-electron chi connectivity index (χ2n) is 6.85. The van der Waals surface area contributed by atoms with E-state index in [1.54, 1.807) is 0 Å². The fourth-order valence-corrected chi connectivity index (χ4v) is 5.65. The van der Waals surface area contributed by atoms with Crippen LogP contribution in [-0.4, -0.2) is 5.78 Å².